The maximum Gasteiger partial charge on any atom is 0.339 e. The average molecular weight is 373 g/mol. The average Bonchev–Trinajstić information content (AvgIpc) is 2.67. The number of carbonyl (C=O) groups excluding carboxylic acids is 1. The first kappa shape index (κ1) is 20.4. The predicted octanol–water partition coefficient (Wildman–Crippen LogP) is 4.31. The van der Waals surface area contributed by atoms with E-state index in [1.807, 2.05) is 13.8 Å². The molecule has 2 aromatic carbocycles. The Bertz CT molecular complexity index is 816. The number of methoxy groups -OCH3 is 1. The lowest BCUT2D eigenvalue weighted by Crippen LogP contribution is -2.20. The van der Waals surface area contributed by atoms with Gasteiger partial charge in [0, 0.05) is 29.9 Å². The number of unbranched alkanes of at least 4 members (excludes halogenated alkanes) is 1. The zero-order valence-corrected chi connectivity index (χ0v) is 15.6. The Morgan fingerprint density at radius 3 is 2.44 bits per heavy atom. The lowest BCUT2D eigenvalue weighted by Gasteiger charge is -2.22. The third kappa shape index (κ3) is 4.62. The molecule has 2 rings (SSSR count). The molecule has 0 aromatic heterocycles. The van der Waals surface area contributed by atoms with E-state index in [-0.39, 0.29) is 11.4 Å². The largest absolute Gasteiger partial charge is 0.507 e. The van der Waals surface area contributed by atoms with Crippen molar-refractivity contribution in [1.82, 2.24) is 0 Å². The summed E-state index contributed by atoms with van der Waals surface area (Å²) in [6.45, 7) is 4.19. The van der Waals surface area contributed by atoms with Gasteiger partial charge in [-0.1, -0.05) is 19.4 Å². The number of carbonyl (C=O) groups is 1. The van der Waals surface area contributed by atoms with Crippen LogP contribution < -0.4 is 0 Å². The Morgan fingerprint density at radius 2 is 1.89 bits per heavy atom. The van der Waals surface area contributed by atoms with Crippen molar-refractivity contribution < 1.29 is 24.3 Å². The highest BCUT2D eigenvalue weighted by molar-refractivity contribution is 5.84. The first-order valence-electron chi connectivity index (χ1n) is 8.67. The number of hydrogen-bond donors (Lipinski definition) is 1. The van der Waals surface area contributed by atoms with Crippen LogP contribution in [0.5, 0.6) is 5.75 Å². The minimum absolute atomic E-state index is 0.0440. The highest BCUT2D eigenvalue weighted by Crippen LogP contribution is 2.40. The van der Waals surface area contributed by atoms with Crippen LogP contribution in [-0.2, 0) is 14.3 Å². The lowest BCUT2D eigenvalue weighted by molar-refractivity contribution is -0.384. The van der Waals surface area contributed by atoms with Crippen molar-refractivity contribution in [3.05, 3.63) is 57.6 Å². The summed E-state index contributed by atoms with van der Waals surface area (Å²) in [6, 6.07) is 9.00. The minimum atomic E-state index is -1.00. The molecule has 0 heterocycles. The molecule has 0 aliphatic carbocycles. The molecule has 2 aromatic rings. The second-order valence-corrected chi connectivity index (χ2v) is 6.12. The number of hydrogen-bond acceptors (Lipinski definition) is 6. The molecule has 0 saturated heterocycles. The minimum Gasteiger partial charge on any atom is -0.507 e. The Labute approximate surface area is 157 Å². The maximum atomic E-state index is 12.4. The van der Waals surface area contributed by atoms with Gasteiger partial charge in [0.05, 0.1) is 12.0 Å². The summed E-state index contributed by atoms with van der Waals surface area (Å²) in [5.74, 6) is -0.611. The Balaban J connectivity index is 2.58. The summed E-state index contributed by atoms with van der Waals surface area (Å²) in [7, 11) is 1.28. The summed E-state index contributed by atoms with van der Waals surface area (Å²) in [4.78, 5) is 22.8. The molecule has 1 unspecified atom stereocenters. The molecule has 144 valence electrons. The fourth-order valence-electron chi connectivity index (χ4n) is 2.83. The number of rotatable bonds is 8. The van der Waals surface area contributed by atoms with E-state index in [4.69, 9.17) is 9.47 Å². The van der Waals surface area contributed by atoms with Gasteiger partial charge >= 0.3 is 5.97 Å². The van der Waals surface area contributed by atoms with E-state index in [1.54, 1.807) is 6.07 Å². The van der Waals surface area contributed by atoms with Crippen molar-refractivity contribution >= 4 is 11.7 Å². The molecule has 27 heavy (non-hydrogen) atoms. The number of phenols is 1. The molecular formula is C20H23NO6. The van der Waals surface area contributed by atoms with Crippen LogP contribution in [-0.4, -0.2) is 29.7 Å². The van der Waals surface area contributed by atoms with Gasteiger partial charge in [-0.05, 0) is 42.7 Å². The number of aryl methyl sites for hydroxylation is 1. The van der Waals surface area contributed by atoms with Gasteiger partial charge in [0.15, 0.2) is 6.10 Å². The van der Waals surface area contributed by atoms with Crippen molar-refractivity contribution in [2.75, 3.05) is 13.7 Å². The topological polar surface area (TPSA) is 98.9 Å². The number of phenolic OH excluding ortho intramolecular Hbond substituents is 1. The third-order valence-corrected chi connectivity index (χ3v) is 4.27. The number of ether oxygens (including phenoxy) is 2. The zero-order valence-electron chi connectivity index (χ0n) is 15.6. The van der Waals surface area contributed by atoms with E-state index in [1.165, 1.54) is 37.4 Å². The lowest BCUT2D eigenvalue weighted by atomic mass is 9.91. The number of nitro benzene ring substituents is 1. The fraction of sp³-hybridized carbons (Fsp3) is 0.350. The number of nitro groups is 1. The van der Waals surface area contributed by atoms with Gasteiger partial charge in [0.25, 0.3) is 5.69 Å². The molecule has 7 nitrogen and oxygen atoms in total. The molecule has 7 heteroatoms. The normalized spacial score (nSPS) is 11.8. The number of benzene rings is 2. The molecule has 0 aliphatic heterocycles. The predicted molar refractivity (Wildman–Crippen MR) is 101 cm³/mol. The number of esters is 1. The van der Waals surface area contributed by atoms with Crippen molar-refractivity contribution in [1.29, 1.82) is 0 Å². The van der Waals surface area contributed by atoms with E-state index in [0.717, 1.165) is 18.4 Å². The number of non-ortho nitro benzene ring substituents is 1. The second-order valence-electron chi connectivity index (χ2n) is 6.12. The van der Waals surface area contributed by atoms with Gasteiger partial charge < -0.3 is 14.6 Å². The molecule has 1 atom stereocenters. The monoisotopic (exact) mass is 373 g/mol. The van der Waals surface area contributed by atoms with Crippen molar-refractivity contribution in [3.63, 3.8) is 0 Å². The van der Waals surface area contributed by atoms with Gasteiger partial charge in [-0.2, -0.15) is 0 Å². The van der Waals surface area contributed by atoms with E-state index in [9.17, 15) is 20.0 Å². The van der Waals surface area contributed by atoms with Gasteiger partial charge in [0.2, 0.25) is 0 Å². The van der Waals surface area contributed by atoms with E-state index in [0.29, 0.717) is 23.3 Å². The van der Waals surface area contributed by atoms with Crippen molar-refractivity contribution in [2.24, 2.45) is 0 Å². The summed E-state index contributed by atoms with van der Waals surface area (Å²) >= 11 is 0. The molecule has 0 aliphatic rings. The molecule has 0 bridgehead atoms. The first-order valence-corrected chi connectivity index (χ1v) is 8.67. The molecular weight excluding hydrogens is 350 g/mol. The SMILES string of the molecule is CCCCOC(C(=O)OC)c1c(C)ccc(O)c1-c1ccc([N+](=O)[O-])cc1. The zero-order chi connectivity index (χ0) is 20.0. The van der Waals surface area contributed by atoms with E-state index >= 15 is 0 Å². The molecule has 1 N–H and O–H groups in total. The highest BCUT2D eigenvalue weighted by atomic mass is 16.6. The van der Waals surface area contributed by atoms with Crippen LogP contribution in [0.3, 0.4) is 0 Å². The van der Waals surface area contributed by atoms with Gasteiger partial charge in [-0.25, -0.2) is 4.79 Å². The van der Waals surface area contributed by atoms with Crippen molar-refractivity contribution in [2.45, 2.75) is 32.8 Å². The molecule has 0 spiro atoms. The molecule has 0 radical (unpaired) electrons. The Hall–Kier alpha value is -2.93. The molecule has 0 fully saturated rings. The Kier molecular flexibility index (Phi) is 6.90. The first-order chi connectivity index (χ1) is 12.9. The summed E-state index contributed by atoms with van der Waals surface area (Å²) in [6.07, 6.45) is 0.680. The second kappa shape index (κ2) is 9.14. The van der Waals surface area contributed by atoms with Gasteiger partial charge in [-0.3, -0.25) is 10.1 Å². The van der Waals surface area contributed by atoms with Crippen LogP contribution in [0.15, 0.2) is 36.4 Å². The Morgan fingerprint density at radius 1 is 1.22 bits per heavy atom. The van der Waals surface area contributed by atoms with Crippen LogP contribution in [0.25, 0.3) is 11.1 Å². The van der Waals surface area contributed by atoms with Crippen LogP contribution in [0.4, 0.5) is 5.69 Å². The quantitative estimate of drug-likeness (QED) is 0.320. The van der Waals surface area contributed by atoms with Gasteiger partial charge in [-0.15, -0.1) is 0 Å². The fourth-order valence-corrected chi connectivity index (χ4v) is 2.83. The molecule has 0 amide bonds. The molecule has 0 saturated carbocycles. The van der Waals surface area contributed by atoms with E-state index in [2.05, 4.69) is 0 Å². The van der Waals surface area contributed by atoms with Crippen LogP contribution in [0.2, 0.25) is 0 Å². The van der Waals surface area contributed by atoms with Crippen LogP contribution >= 0.6 is 0 Å². The summed E-state index contributed by atoms with van der Waals surface area (Å²) < 4.78 is 10.7. The third-order valence-electron chi connectivity index (χ3n) is 4.27. The standard InChI is InChI=1S/C20H23NO6/c1-4-5-12-27-19(20(23)26-3)17-13(2)6-11-16(22)18(17)14-7-9-15(10-8-14)21(24)25/h6-11,19,22H,4-5,12H2,1-3H3. The van der Waals surface area contributed by atoms with Crippen molar-refractivity contribution in [3.8, 4) is 16.9 Å². The number of nitrogens with zero attached hydrogens (tertiary/aromatic N) is 1. The smallest absolute Gasteiger partial charge is 0.339 e. The van der Waals surface area contributed by atoms with Crippen LogP contribution in [0, 0.1) is 17.0 Å². The van der Waals surface area contributed by atoms with Crippen LogP contribution in [0.1, 0.15) is 37.0 Å². The summed E-state index contributed by atoms with van der Waals surface area (Å²) in [5.41, 5.74) is 2.12. The number of aromatic hydroxyl groups is 1. The van der Waals surface area contributed by atoms with Gasteiger partial charge in [0.1, 0.15) is 5.75 Å². The maximum absolute atomic E-state index is 12.4. The highest BCUT2D eigenvalue weighted by Gasteiger charge is 2.29. The summed E-state index contributed by atoms with van der Waals surface area (Å²) in [5, 5.41) is 21.4. The van der Waals surface area contributed by atoms with E-state index < -0.39 is 17.0 Å².